The fraction of sp³-hybridized carbons (Fsp3) is 0.263. The molecule has 1 aromatic heterocycles. The van der Waals surface area contributed by atoms with Crippen LogP contribution in [-0.4, -0.2) is 15.0 Å². The maximum Gasteiger partial charge on any atom is 0.126 e. The quantitative estimate of drug-likeness (QED) is 0.716. The second-order valence-corrected chi connectivity index (χ2v) is 5.92. The third-order valence-electron chi connectivity index (χ3n) is 4.09. The molecule has 3 rings (SSSR count). The van der Waals surface area contributed by atoms with E-state index in [0.717, 1.165) is 22.4 Å². The Bertz CT molecular complexity index is 794. The predicted molar refractivity (Wildman–Crippen MR) is 88.8 cm³/mol. The molecule has 0 bridgehead atoms. The molecule has 3 aromatic rings. The smallest absolute Gasteiger partial charge is 0.126 e. The van der Waals surface area contributed by atoms with Crippen molar-refractivity contribution in [2.24, 2.45) is 0 Å². The van der Waals surface area contributed by atoms with Crippen molar-refractivity contribution >= 4 is 0 Å². The van der Waals surface area contributed by atoms with Gasteiger partial charge in [0.25, 0.3) is 0 Å². The van der Waals surface area contributed by atoms with Gasteiger partial charge in [-0.05, 0) is 55.0 Å². The Morgan fingerprint density at radius 2 is 1.74 bits per heavy atom. The first-order valence-corrected chi connectivity index (χ1v) is 7.80. The minimum absolute atomic E-state index is 0.134. The average Bonchev–Trinajstić information content (AvgIpc) is 2.98. The standard InChI is InChI=1S/C19H20FN3/c1-14-10-17(19(20)11-15(14)2)8-9-18-13-23(22-21-18)12-16-6-4-3-5-7-16/h3-7,10-11,13H,8-9,12H2,1-2H3. The number of aromatic nitrogens is 3. The van der Waals surface area contributed by atoms with Crippen LogP contribution in [0.4, 0.5) is 4.39 Å². The van der Waals surface area contributed by atoms with E-state index in [9.17, 15) is 4.39 Å². The lowest BCUT2D eigenvalue weighted by atomic mass is 10.0. The van der Waals surface area contributed by atoms with E-state index >= 15 is 0 Å². The first-order chi connectivity index (χ1) is 11.1. The van der Waals surface area contributed by atoms with Crippen LogP contribution < -0.4 is 0 Å². The summed E-state index contributed by atoms with van der Waals surface area (Å²) in [7, 11) is 0. The van der Waals surface area contributed by atoms with E-state index in [1.165, 1.54) is 5.56 Å². The van der Waals surface area contributed by atoms with Gasteiger partial charge in [0.1, 0.15) is 5.82 Å². The Kier molecular flexibility index (Phi) is 4.51. The zero-order valence-electron chi connectivity index (χ0n) is 13.5. The molecule has 1 heterocycles. The molecular formula is C19H20FN3. The van der Waals surface area contributed by atoms with Gasteiger partial charge < -0.3 is 0 Å². The normalized spacial score (nSPS) is 10.9. The van der Waals surface area contributed by atoms with Crippen LogP contribution in [0.5, 0.6) is 0 Å². The van der Waals surface area contributed by atoms with Crippen LogP contribution in [0.15, 0.2) is 48.7 Å². The highest BCUT2D eigenvalue weighted by atomic mass is 19.1. The molecule has 0 aliphatic rings. The van der Waals surface area contributed by atoms with Crippen LogP contribution in [0.2, 0.25) is 0 Å². The number of halogens is 1. The lowest BCUT2D eigenvalue weighted by molar-refractivity contribution is 0.606. The molecule has 0 saturated heterocycles. The first-order valence-electron chi connectivity index (χ1n) is 7.80. The summed E-state index contributed by atoms with van der Waals surface area (Å²) >= 11 is 0. The summed E-state index contributed by atoms with van der Waals surface area (Å²) in [6.45, 7) is 4.64. The zero-order chi connectivity index (χ0) is 16.2. The minimum atomic E-state index is -0.134. The summed E-state index contributed by atoms with van der Waals surface area (Å²) in [5.74, 6) is -0.134. The second kappa shape index (κ2) is 6.73. The summed E-state index contributed by atoms with van der Waals surface area (Å²) < 4.78 is 15.8. The van der Waals surface area contributed by atoms with Crippen molar-refractivity contribution in [3.63, 3.8) is 0 Å². The van der Waals surface area contributed by atoms with Crippen LogP contribution in [-0.2, 0) is 19.4 Å². The summed E-state index contributed by atoms with van der Waals surface area (Å²) in [5, 5.41) is 8.34. The Morgan fingerprint density at radius 1 is 1.00 bits per heavy atom. The van der Waals surface area contributed by atoms with Gasteiger partial charge in [0.05, 0.1) is 12.2 Å². The molecule has 0 amide bonds. The highest BCUT2D eigenvalue weighted by molar-refractivity contribution is 5.31. The van der Waals surface area contributed by atoms with Gasteiger partial charge in [-0.15, -0.1) is 5.10 Å². The third kappa shape index (κ3) is 3.83. The molecule has 0 radical (unpaired) electrons. The van der Waals surface area contributed by atoms with Gasteiger partial charge in [0.15, 0.2) is 0 Å². The van der Waals surface area contributed by atoms with Crippen molar-refractivity contribution in [3.05, 3.63) is 82.4 Å². The Hall–Kier alpha value is -2.49. The van der Waals surface area contributed by atoms with Crippen molar-refractivity contribution < 1.29 is 4.39 Å². The van der Waals surface area contributed by atoms with E-state index in [0.29, 0.717) is 19.4 Å². The topological polar surface area (TPSA) is 30.7 Å². The van der Waals surface area contributed by atoms with Crippen molar-refractivity contribution in [1.29, 1.82) is 0 Å². The third-order valence-corrected chi connectivity index (χ3v) is 4.09. The molecular weight excluding hydrogens is 289 g/mol. The largest absolute Gasteiger partial charge is 0.248 e. The van der Waals surface area contributed by atoms with Crippen LogP contribution in [0.1, 0.15) is 27.9 Å². The number of nitrogens with zero attached hydrogens (tertiary/aromatic N) is 3. The Balaban J connectivity index is 1.65. The molecule has 4 heteroatoms. The number of hydrogen-bond donors (Lipinski definition) is 0. The maximum atomic E-state index is 14.0. The van der Waals surface area contributed by atoms with Gasteiger partial charge in [0.2, 0.25) is 0 Å². The Labute approximate surface area is 135 Å². The number of rotatable bonds is 5. The van der Waals surface area contributed by atoms with Gasteiger partial charge in [0, 0.05) is 6.20 Å². The monoisotopic (exact) mass is 309 g/mol. The summed E-state index contributed by atoms with van der Waals surface area (Å²) in [6, 6.07) is 13.7. The number of aryl methyl sites for hydroxylation is 4. The van der Waals surface area contributed by atoms with Crippen molar-refractivity contribution in [3.8, 4) is 0 Å². The van der Waals surface area contributed by atoms with Gasteiger partial charge in [-0.25, -0.2) is 9.07 Å². The van der Waals surface area contributed by atoms with Crippen molar-refractivity contribution in [1.82, 2.24) is 15.0 Å². The zero-order valence-corrected chi connectivity index (χ0v) is 13.5. The predicted octanol–water partition coefficient (Wildman–Crippen LogP) is 3.87. The molecule has 3 nitrogen and oxygen atoms in total. The van der Waals surface area contributed by atoms with E-state index in [-0.39, 0.29) is 5.82 Å². The molecule has 0 unspecified atom stereocenters. The molecule has 0 spiro atoms. The van der Waals surface area contributed by atoms with Crippen LogP contribution in [0.3, 0.4) is 0 Å². The molecule has 0 fully saturated rings. The van der Waals surface area contributed by atoms with E-state index in [1.807, 2.05) is 49.0 Å². The Morgan fingerprint density at radius 3 is 2.52 bits per heavy atom. The SMILES string of the molecule is Cc1cc(F)c(CCc2cn(Cc3ccccc3)nn2)cc1C. The lowest BCUT2D eigenvalue weighted by Crippen LogP contribution is -2.00. The van der Waals surface area contributed by atoms with E-state index in [2.05, 4.69) is 22.4 Å². The van der Waals surface area contributed by atoms with E-state index in [1.54, 1.807) is 6.07 Å². The fourth-order valence-corrected chi connectivity index (χ4v) is 2.60. The number of hydrogen-bond acceptors (Lipinski definition) is 2. The molecule has 0 aliphatic carbocycles. The second-order valence-electron chi connectivity index (χ2n) is 5.92. The maximum absolute atomic E-state index is 14.0. The molecule has 0 saturated carbocycles. The van der Waals surface area contributed by atoms with Gasteiger partial charge in [-0.3, -0.25) is 0 Å². The van der Waals surface area contributed by atoms with Gasteiger partial charge in [-0.2, -0.15) is 0 Å². The summed E-state index contributed by atoms with van der Waals surface area (Å²) in [4.78, 5) is 0. The van der Waals surface area contributed by atoms with Crippen LogP contribution in [0.25, 0.3) is 0 Å². The highest BCUT2D eigenvalue weighted by Gasteiger charge is 2.07. The lowest BCUT2D eigenvalue weighted by Gasteiger charge is -2.06. The highest BCUT2D eigenvalue weighted by Crippen LogP contribution is 2.16. The van der Waals surface area contributed by atoms with Crippen molar-refractivity contribution in [2.45, 2.75) is 33.2 Å². The molecule has 0 aliphatic heterocycles. The average molecular weight is 309 g/mol. The molecule has 2 aromatic carbocycles. The minimum Gasteiger partial charge on any atom is -0.248 e. The van der Waals surface area contributed by atoms with E-state index in [4.69, 9.17) is 0 Å². The van der Waals surface area contributed by atoms with Gasteiger partial charge >= 0.3 is 0 Å². The van der Waals surface area contributed by atoms with E-state index < -0.39 is 0 Å². The van der Waals surface area contributed by atoms with Crippen molar-refractivity contribution in [2.75, 3.05) is 0 Å². The summed E-state index contributed by atoms with van der Waals surface area (Å²) in [5.41, 5.74) is 4.92. The molecule has 118 valence electrons. The molecule has 0 atom stereocenters. The van der Waals surface area contributed by atoms with Crippen LogP contribution >= 0.6 is 0 Å². The molecule has 23 heavy (non-hydrogen) atoms. The first kappa shape index (κ1) is 15.4. The fourth-order valence-electron chi connectivity index (χ4n) is 2.60. The molecule has 0 N–H and O–H groups in total. The summed E-state index contributed by atoms with van der Waals surface area (Å²) in [6.07, 6.45) is 3.26. The van der Waals surface area contributed by atoms with Gasteiger partial charge in [-0.1, -0.05) is 41.6 Å². The van der Waals surface area contributed by atoms with Crippen LogP contribution in [0, 0.1) is 19.7 Å². The number of benzene rings is 2.